The van der Waals surface area contributed by atoms with E-state index in [2.05, 4.69) is 57.1 Å². The summed E-state index contributed by atoms with van der Waals surface area (Å²) in [5.74, 6) is 0. The number of fused-ring (bicyclic) bond motifs is 1. The minimum atomic E-state index is -1.10. The summed E-state index contributed by atoms with van der Waals surface area (Å²) in [6, 6.07) is 3.37. The Hall–Kier alpha value is -1.74. The van der Waals surface area contributed by atoms with Gasteiger partial charge in [0.15, 0.2) is 0 Å². The van der Waals surface area contributed by atoms with Crippen molar-refractivity contribution in [2.45, 2.75) is 63.6 Å². The Bertz CT molecular complexity index is 1050. The van der Waals surface area contributed by atoms with Gasteiger partial charge in [-0.25, -0.2) is 9.97 Å². The molecule has 1 atom stereocenters. The van der Waals surface area contributed by atoms with Crippen LogP contribution in [-0.2, 0) is 11.5 Å². The number of anilines is 1. The van der Waals surface area contributed by atoms with Crippen LogP contribution >= 0.6 is 11.3 Å². The van der Waals surface area contributed by atoms with Gasteiger partial charge in [-0.15, -0.1) is 11.3 Å². The Kier molecular flexibility index (Phi) is 6.13. The molecule has 2 fully saturated rings. The maximum Gasteiger partial charge on any atom is 0.144 e. The highest BCUT2D eigenvalue weighted by Gasteiger charge is 2.39. The third-order valence-electron chi connectivity index (χ3n) is 6.90. The molecule has 0 radical (unpaired) electrons. The first-order valence-corrected chi connectivity index (χ1v) is 16.5. The van der Waals surface area contributed by atoms with Crippen molar-refractivity contribution in [2.24, 2.45) is 0 Å². The summed E-state index contributed by atoms with van der Waals surface area (Å²) in [6.45, 7) is 11.8. The summed E-state index contributed by atoms with van der Waals surface area (Å²) < 4.78 is 8.28. The molecule has 1 N–H and O–H groups in total. The van der Waals surface area contributed by atoms with Crippen LogP contribution in [0.25, 0.3) is 21.6 Å². The third kappa shape index (κ3) is 4.51. The van der Waals surface area contributed by atoms with Crippen molar-refractivity contribution in [3.8, 4) is 10.6 Å². The van der Waals surface area contributed by atoms with Crippen LogP contribution in [0.1, 0.15) is 25.7 Å². The molecule has 0 aromatic carbocycles. The van der Waals surface area contributed by atoms with Crippen molar-refractivity contribution in [1.82, 2.24) is 19.9 Å². The molecule has 3 aromatic rings. The molecule has 2 aliphatic rings. The zero-order valence-electron chi connectivity index (χ0n) is 19.6. The van der Waals surface area contributed by atoms with Gasteiger partial charge in [0.25, 0.3) is 0 Å². The normalized spacial score (nSPS) is 21.8. The Morgan fingerprint density at radius 1 is 1.19 bits per heavy atom. The lowest BCUT2D eigenvalue weighted by Gasteiger charge is -2.35. The molecule has 1 spiro atoms. The number of aromatic nitrogens is 3. The fourth-order valence-corrected chi connectivity index (χ4v) is 6.49. The molecule has 32 heavy (non-hydrogen) atoms. The molecule has 5 rings (SSSR count). The molecule has 0 amide bonds. The monoisotopic (exact) mass is 469 g/mol. The topological polar surface area (TPSA) is 55.2 Å². The van der Waals surface area contributed by atoms with Crippen LogP contribution in [0.5, 0.6) is 0 Å². The number of ether oxygens (including phenoxy) is 1. The predicted octanol–water partition coefficient (Wildman–Crippen LogP) is 5.19. The highest BCUT2D eigenvalue weighted by molar-refractivity contribution is 7.13. The van der Waals surface area contributed by atoms with E-state index in [-0.39, 0.29) is 5.54 Å². The maximum atomic E-state index is 6.11. The van der Waals surface area contributed by atoms with E-state index < -0.39 is 8.07 Å². The number of rotatable bonds is 7. The van der Waals surface area contributed by atoms with Crippen LogP contribution in [0.2, 0.25) is 25.7 Å². The zero-order valence-corrected chi connectivity index (χ0v) is 21.4. The van der Waals surface area contributed by atoms with Gasteiger partial charge >= 0.3 is 0 Å². The number of hydrogen-bond donors (Lipinski definition) is 1. The molecular weight excluding hydrogens is 434 g/mol. The lowest BCUT2D eigenvalue weighted by atomic mass is 9.88. The molecule has 0 aliphatic carbocycles. The van der Waals surface area contributed by atoms with E-state index >= 15 is 0 Å². The van der Waals surface area contributed by atoms with Gasteiger partial charge in [0, 0.05) is 62.8 Å². The molecular formula is C24H35N5OSSi. The molecule has 0 bridgehead atoms. The second kappa shape index (κ2) is 8.89. The van der Waals surface area contributed by atoms with E-state index in [0.717, 1.165) is 36.9 Å². The molecule has 2 saturated heterocycles. The fraction of sp³-hybridized carbons (Fsp3) is 0.583. The van der Waals surface area contributed by atoms with E-state index in [1.54, 1.807) is 11.3 Å². The van der Waals surface area contributed by atoms with E-state index in [1.807, 2.05) is 12.4 Å². The molecule has 0 unspecified atom stereocenters. The highest BCUT2D eigenvalue weighted by atomic mass is 32.1. The van der Waals surface area contributed by atoms with Gasteiger partial charge < -0.3 is 19.5 Å². The first-order chi connectivity index (χ1) is 15.4. The summed E-state index contributed by atoms with van der Waals surface area (Å²) in [4.78, 5) is 12.0. The van der Waals surface area contributed by atoms with Crippen LogP contribution in [0.4, 0.5) is 5.69 Å². The van der Waals surface area contributed by atoms with Crippen molar-refractivity contribution in [1.29, 1.82) is 0 Å². The van der Waals surface area contributed by atoms with Gasteiger partial charge in [-0.05, 0) is 37.9 Å². The first kappa shape index (κ1) is 22.1. The predicted molar refractivity (Wildman–Crippen MR) is 136 cm³/mol. The number of thiazole rings is 1. The van der Waals surface area contributed by atoms with Gasteiger partial charge in [0.1, 0.15) is 17.4 Å². The van der Waals surface area contributed by atoms with E-state index in [1.165, 1.54) is 48.4 Å². The molecule has 5 heterocycles. The summed E-state index contributed by atoms with van der Waals surface area (Å²) in [7, 11) is -1.10. The Labute approximate surface area is 196 Å². The summed E-state index contributed by atoms with van der Waals surface area (Å²) in [5, 5.41) is 8.16. The number of piperidine rings is 1. The van der Waals surface area contributed by atoms with Crippen LogP contribution in [0.3, 0.4) is 0 Å². The quantitative estimate of drug-likeness (QED) is 0.381. The molecule has 0 saturated carbocycles. The average Bonchev–Trinajstić information content (AvgIpc) is 3.50. The lowest BCUT2D eigenvalue weighted by molar-refractivity contribution is 0.0899. The lowest BCUT2D eigenvalue weighted by Crippen LogP contribution is -2.50. The summed E-state index contributed by atoms with van der Waals surface area (Å²) in [5.41, 5.74) is 3.73. The number of pyridine rings is 1. The SMILES string of the molecule is C[Si](C)(C)CCOCn1cc(-c2nccs2)c2c(N3CC[C@]4(CCCCN4)C3)ccnc21. The molecule has 2 aliphatic heterocycles. The largest absolute Gasteiger partial charge is 0.369 e. The van der Waals surface area contributed by atoms with Crippen molar-refractivity contribution in [2.75, 3.05) is 31.1 Å². The molecule has 8 heteroatoms. The van der Waals surface area contributed by atoms with Crippen molar-refractivity contribution >= 4 is 36.1 Å². The van der Waals surface area contributed by atoms with Crippen molar-refractivity contribution in [3.05, 3.63) is 30.0 Å². The Morgan fingerprint density at radius 3 is 2.84 bits per heavy atom. The minimum absolute atomic E-state index is 0.276. The van der Waals surface area contributed by atoms with Crippen molar-refractivity contribution < 1.29 is 4.74 Å². The number of hydrogen-bond acceptors (Lipinski definition) is 6. The van der Waals surface area contributed by atoms with Gasteiger partial charge in [-0.2, -0.15) is 0 Å². The Morgan fingerprint density at radius 2 is 2.09 bits per heavy atom. The van der Waals surface area contributed by atoms with E-state index in [4.69, 9.17) is 9.72 Å². The molecule has 3 aromatic heterocycles. The van der Waals surface area contributed by atoms with Crippen LogP contribution < -0.4 is 10.2 Å². The molecule has 172 valence electrons. The average molecular weight is 470 g/mol. The standard InChI is InChI=1S/C24H35N5OSSi/c1-32(2,3)15-13-30-18-29-16-19(23-26-11-14-31-23)21-20(6-10-25-22(21)29)28-12-8-24(17-28)7-4-5-9-27-24/h6,10-11,14,16,27H,4-5,7-9,12-13,15,17-18H2,1-3H3/t24-/m1/s1. The Balaban J connectivity index is 1.47. The maximum absolute atomic E-state index is 6.11. The third-order valence-corrected chi connectivity index (χ3v) is 9.41. The molecule has 6 nitrogen and oxygen atoms in total. The second-order valence-electron chi connectivity index (χ2n) is 10.6. The van der Waals surface area contributed by atoms with E-state index in [0.29, 0.717) is 6.73 Å². The van der Waals surface area contributed by atoms with Gasteiger partial charge in [-0.3, -0.25) is 0 Å². The zero-order chi connectivity index (χ0) is 22.2. The van der Waals surface area contributed by atoms with Crippen molar-refractivity contribution in [3.63, 3.8) is 0 Å². The number of nitrogens with one attached hydrogen (secondary N) is 1. The van der Waals surface area contributed by atoms with Gasteiger partial charge in [0.2, 0.25) is 0 Å². The van der Waals surface area contributed by atoms with Gasteiger partial charge in [0.05, 0.1) is 11.1 Å². The van der Waals surface area contributed by atoms with E-state index in [9.17, 15) is 0 Å². The highest BCUT2D eigenvalue weighted by Crippen LogP contribution is 2.40. The minimum Gasteiger partial charge on any atom is -0.369 e. The first-order valence-electron chi connectivity index (χ1n) is 11.9. The second-order valence-corrected chi connectivity index (χ2v) is 17.1. The van der Waals surface area contributed by atoms with Crippen LogP contribution in [0, 0.1) is 0 Å². The smallest absolute Gasteiger partial charge is 0.144 e. The summed E-state index contributed by atoms with van der Waals surface area (Å²) >= 11 is 1.69. The van der Waals surface area contributed by atoms with Crippen LogP contribution in [0.15, 0.2) is 30.0 Å². The van der Waals surface area contributed by atoms with Gasteiger partial charge in [-0.1, -0.05) is 26.1 Å². The van der Waals surface area contributed by atoms with Crippen LogP contribution in [-0.4, -0.2) is 54.4 Å². The fourth-order valence-electron chi connectivity index (χ4n) is 5.08. The summed E-state index contributed by atoms with van der Waals surface area (Å²) in [6.07, 6.45) is 11.2. The number of nitrogens with zero attached hydrogens (tertiary/aromatic N) is 4.